The maximum absolute atomic E-state index is 14.2. The Kier molecular flexibility index (Phi) is 5.06. The number of benzene rings is 3. The highest BCUT2D eigenvalue weighted by Gasteiger charge is 2.55. The number of fused-ring (bicyclic) bond motifs is 2. The van der Waals surface area contributed by atoms with Crippen molar-refractivity contribution in [2.24, 2.45) is 0 Å². The second kappa shape index (κ2) is 7.71. The largest absolute Gasteiger partial charge is 0.423 e. The molecular formula is C24H16BrF4N3O. The van der Waals surface area contributed by atoms with Crippen LogP contribution in [0, 0.1) is 5.82 Å². The Morgan fingerprint density at radius 2 is 1.70 bits per heavy atom. The Bertz CT molecular complexity index is 1470. The van der Waals surface area contributed by atoms with Gasteiger partial charge in [0.1, 0.15) is 5.82 Å². The number of hydrogen-bond acceptors (Lipinski definition) is 2. The molecule has 2 heterocycles. The van der Waals surface area contributed by atoms with Gasteiger partial charge in [-0.3, -0.25) is 0 Å². The van der Waals surface area contributed by atoms with Crippen LogP contribution in [0.15, 0.2) is 83.6 Å². The summed E-state index contributed by atoms with van der Waals surface area (Å²) in [6.45, 7) is -0.714. The number of hydrogen-bond donors (Lipinski definition) is 1. The van der Waals surface area contributed by atoms with Crippen LogP contribution in [0.2, 0.25) is 0 Å². The van der Waals surface area contributed by atoms with Gasteiger partial charge in [0.2, 0.25) is 5.60 Å². The molecule has 0 fully saturated rings. The van der Waals surface area contributed by atoms with Crippen molar-refractivity contribution in [3.05, 3.63) is 95.0 Å². The van der Waals surface area contributed by atoms with E-state index in [1.807, 2.05) is 0 Å². The quantitative estimate of drug-likeness (QED) is 0.283. The highest BCUT2D eigenvalue weighted by atomic mass is 79.9. The fourth-order valence-corrected chi connectivity index (χ4v) is 4.48. The molecule has 0 radical (unpaired) electrons. The predicted molar refractivity (Wildman–Crippen MR) is 121 cm³/mol. The summed E-state index contributed by atoms with van der Waals surface area (Å²) >= 11 is 3.40. The lowest BCUT2D eigenvalue weighted by Crippen LogP contribution is -2.45. The molecule has 1 N–H and O–H groups in total. The molecule has 0 aliphatic heterocycles. The third-order valence-electron chi connectivity index (χ3n) is 5.75. The SMILES string of the molecule is OC(Cn1ccc2c(Br)cccc21)(c1ccc2c(cnn2-c2ccc(F)cc2)c1)C(F)(F)F. The standard InChI is InChI=1S/C24H16BrF4N3O/c25-20-2-1-3-22-19(20)10-11-31(22)14-23(33,24(27,28)29)16-4-9-21-15(12-16)13-30-32(21)18-7-5-17(26)6-8-18/h1-13,33H,14H2. The van der Waals surface area contributed by atoms with Crippen molar-refractivity contribution >= 4 is 37.7 Å². The second-order valence-corrected chi connectivity index (χ2v) is 8.64. The number of alkyl halides is 3. The molecule has 5 aromatic rings. The smallest absolute Gasteiger partial charge is 0.375 e. The summed E-state index contributed by atoms with van der Waals surface area (Å²) in [6.07, 6.45) is -1.99. The number of nitrogens with zero attached hydrogens (tertiary/aromatic N) is 3. The summed E-state index contributed by atoms with van der Waals surface area (Å²) in [6, 6.07) is 16.5. The first kappa shape index (κ1) is 21.7. The number of halogens is 5. The number of aromatic nitrogens is 3. The van der Waals surface area contributed by atoms with Crippen molar-refractivity contribution in [1.82, 2.24) is 14.3 Å². The summed E-state index contributed by atoms with van der Waals surface area (Å²) < 4.78 is 59.6. The Hall–Kier alpha value is -3.17. The molecular weight excluding hydrogens is 502 g/mol. The number of rotatable bonds is 4. The van der Waals surface area contributed by atoms with Crippen LogP contribution in [-0.2, 0) is 12.1 Å². The summed E-state index contributed by atoms with van der Waals surface area (Å²) in [5.74, 6) is -0.405. The average molecular weight is 518 g/mol. The second-order valence-electron chi connectivity index (χ2n) is 7.78. The maximum atomic E-state index is 14.2. The minimum atomic E-state index is -4.93. The fourth-order valence-electron chi connectivity index (χ4n) is 3.99. The van der Waals surface area contributed by atoms with Crippen LogP contribution in [0.25, 0.3) is 27.5 Å². The molecule has 5 rings (SSSR count). The van der Waals surface area contributed by atoms with Gasteiger partial charge in [-0.2, -0.15) is 18.3 Å². The van der Waals surface area contributed by atoms with E-state index in [-0.39, 0.29) is 5.56 Å². The van der Waals surface area contributed by atoms with Gasteiger partial charge in [0.15, 0.2) is 0 Å². The van der Waals surface area contributed by atoms with E-state index in [9.17, 15) is 22.7 Å². The molecule has 2 aromatic heterocycles. The zero-order valence-electron chi connectivity index (χ0n) is 16.9. The van der Waals surface area contributed by atoms with Crippen molar-refractivity contribution in [1.29, 1.82) is 0 Å². The molecule has 0 amide bonds. The van der Waals surface area contributed by atoms with Gasteiger partial charge in [0.05, 0.1) is 23.9 Å². The van der Waals surface area contributed by atoms with Crippen LogP contribution in [0.3, 0.4) is 0 Å². The Balaban J connectivity index is 1.59. The van der Waals surface area contributed by atoms with E-state index < -0.39 is 24.1 Å². The van der Waals surface area contributed by atoms with Crippen LogP contribution >= 0.6 is 15.9 Å². The molecule has 4 nitrogen and oxygen atoms in total. The van der Waals surface area contributed by atoms with E-state index in [0.717, 1.165) is 9.86 Å². The van der Waals surface area contributed by atoms with E-state index in [2.05, 4.69) is 21.0 Å². The minimum absolute atomic E-state index is 0.294. The predicted octanol–water partition coefficient (Wildman–Crippen LogP) is 6.33. The highest BCUT2D eigenvalue weighted by molar-refractivity contribution is 9.10. The first-order valence-corrected chi connectivity index (χ1v) is 10.7. The Morgan fingerprint density at radius 1 is 0.939 bits per heavy atom. The first-order chi connectivity index (χ1) is 15.7. The van der Waals surface area contributed by atoms with Crippen LogP contribution in [0.4, 0.5) is 17.6 Å². The summed E-state index contributed by atoms with van der Waals surface area (Å²) in [5.41, 5.74) is -1.76. The van der Waals surface area contributed by atoms with E-state index in [0.29, 0.717) is 22.1 Å². The van der Waals surface area contributed by atoms with Gasteiger partial charge in [-0.1, -0.05) is 28.1 Å². The lowest BCUT2D eigenvalue weighted by atomic mass is 9.91. The summed E-state index contributed by atoms with van der Waals surface area (Å²) in [7, 11) is 0. The third-order valence-corrected chi connectivity index (χ3v) is 6.44. The fraction of sp³-hybridized carbons (Fsp3) is 0.125. The molecule has 0 saturated carbocycles. The van der Waals surface area contributed by atoms with Crippen LogP contribution in [0.1, 0.15) is 5.56 Å². The van der Waals surface area contributed by atoms with Crippen LogP contribution in [-0.4, -0.2) is 25.6 Å². The lowest BCUT2D eigenvalue weighted by molar-refractivity contribution is -0.271. The van der Waals surface area contributed by atoms with Crippen LogP contribution in [0.5, 0.6) is 0 Å². The average Bonchev–Trinajstić information content (AvgIpc) is 3.38. The molecule has 3 aromatic carbocycles. The highest BCUT2D eigenvalue weighted by Crippen LogP contribution is 2.42. The molecule has 1 unspecified atom stereocenters. The molecule has 0 aliphatic rings. The van der Waals surface area contributed by atoms with E-state index in [4.69, 9.17) is 0 Å². The van der Waals surface area contributed by atoms with Crippen LogP contribution < -0.4 is 0 Å². The van der Waals surface area contributed by atoms with Gasteiger partial charge in [-0.25, -0.2) is 9.07 Å². The van der Waals surface area contributed by atoms with E-state index in [1.54, 1.807) is 24.3 Å². The third kappa shape index (κ3) is 3.61. The Labute approximate surface area is 193 Å². The zero-order chi connectivity index (χ0) is 23.4. The van der Waals surface area contributed by atoms with Crippen molar-refractivity contribution in [3.63, 3.8) is 0 Å². The number of aliphatic hydroxyl groups is 1. The summed E-state index contributed by atoms with van der Waals surface area (Å²) in [4.78, 5) is 0. The molecule has 0 spiro atoms. The van der Waals surface area contributed by atoms with Gasteiger partial charge in [-0.05, 0) is 60.2 Å². The molecule has 9 heteroatoms. The van der Waals surface area contributed by atoms with Gasteiger partial charge >= 0.3 is 6.18 Å². The molecule has 0 saturated heterocycles. The van der Waals surface area contributed by atoms with Crippen molar-refractivity contribution in [2.45, 2.75) is 18.3 Å². The summed E-state index contributed by atoms with van der Waals surface area (Å²) in [5, 5.41) is 16.4. The monoisotopic (exact) mass is 517 g/mol. The van der Waals surface area contributed by atoms with Crippen molar-refractivity contribution in [3.8, 4) is 5.69 Å². The molecule has 0 aliphatic carbocycles. The zero-order valence-corrected chi connectivity index (χ0v) is 18.5. The van der Waals surface area contributed by atoms with Gasteiger partial charge < -0.3 is 9.67 Å². The molecule has 0 bridgehead atoms. The van der Waals surface area contributed by atoms with Gasteiger partial charge in [0.25, 0.3) is 0 Å². The van der Waals surface area contributed by atoms with Crippen molar-refractivity contribution in [2.75, 3.05) is 0 Å². The van der Waals surface area contributed by atoms with E-state index in [1.165, 1.54) is 64.1 Å². The molecule has 168 valence electrons. The molecule has 1 atom stereocenters. The Morgan fingerprint density at radius 3 is 2.42 bits per heavy atom. The first-order valence-electron chi connectivity index (χ1n) is 9.94. The van der Waals surface area contributed by atoms with Crippen molar-refractivity contribution < 1.29 is 22.7 Å². The van der Waals surface area contributed by atoms with Gasteiger partial charge in [-0.15, -0.1) is 0 Å². The van der Waals surface area contributed by atoms with Gasteiger partial charge in [0, 0.05) is 27.0 Å². The molecule has 33 heavy (non-hydrogen) atoms. The maximum Gasteiger partial charge on any atom is 0.423 e. The lowest BCUT2D eigenvalue weighted by Gasteiger charge is -2.32. The topological polar surface area (TPSA) is 43.0 Å². The van der Waals surface area contributed by atoms with E-state index >= 15 is 0 Å². The normalized spacial score (nSPS) is 14.1. The minimum Gasteiger partial charge on any atom is -0.375 e.